The summed E-state index contributed by atoms with van der Waals surface area (Å²) >= 11 is 0. The van der Waals surface area contributed by atoms with E-state index in [4.69, 9.17) is 9.84 Å². The first-order chi connectivity index (χ1) is 7.17. The number of aliphatic hydroxyl groups is 2. The van der Waals surface area contributed by atoms with E-state index in [9.17, 15) is 9.50 Å². The zero-order chi connectivity index (χ0) is 11.3. The van der Waals surface area contributed by atoms with Crippen molar-refractivity contribution in [1.29, 1.82) is 0 Å². The molecule has 0 saturated heterocycles. The topological polar surface area (TPSA) is 49.7 Å². The van der Waals surface area contributed by atoms with Gasteiger partial charge in [-0.1, -0.05) is 6.92 Å². The van der Waals surface area contributed by atoms with E-state index in [-0.39, 0.29) is 13.2 Å². The highest BCUT2D eigenvalue weighted by atomic mass is 19.1. The molecule has 2 N–H and O–H groups in total. The van der Waals surface area contributed by atoms with Crippen LogP contribution in [0.3, 0.4) is 0 Å². The van der Waals surface area contributed by atoms with Gasteiger partial charge in [0.1, 0.15) is 18.2 Å². The van der Waals surface area contributed by atoms with Crippen molar-refractivity contribution in [2.45, 2.75) is 26.1 Å². The zero-order valence-electron chi connectivity index (χ0n) is 8.61. The molecule has 0 amide bonds. The van der Waals surface area contributed by atoms with Crippen molar-refractivity contribution in [2.24, 2.45) is 0 Å². The number of benzene rings is 1. The molecule has 0 radical (unpaired) electrons. The lowest BCUT2D eigenvalue weighted by Crippen LogP contribution is -2.16. The van der Waals surface area contributed by atoms with E-state index >= 15 is 0 Å². The van der Waals surface area contributed by atoms with Gasteiger partial charge in [0, 0.05) is 5.56 Å². The standard InChI is InChI=1S/C11H15FO3/c1-2-10(14)7-15-11-4-3-9(12)5-8(11)6-13/h3-5,10,13-14H,2,6-7H2,1H3. The second-order valence-corrected chi connectivity index (χ2v) is 3.28. The molecule has 0 aliphatic heterocycles. The van der Waals surface area contributed by atoms with Gasteiger partial charge in [-0.15, -0.1) is 0 Å². The van der Waals surface area contributed by atoms with Gasteiger partial charge in [-0.25, -0.2) is 4.39 Å². The van der Waals surface area contributed by atoms with Gasteiger partial charge >= 0.3 is 0 Å². The first-order valence-corrected chi connectivity index (χ1v) is 4.87. The van der Waals surface area contributed by atoms with Gasteiger partial charge in [0.25, 0.3) is 0 Å². The molecule has 1 aromatic rings. The second-order valence-electron chi connectivity index (χ2n) is 3.28. The van der Waals surface area contributed by atoms with Gasteiger partial charge in [0.2, 0.25) is 0 Å². The van der Waals surface area contributed by atoms with E-state index in [2.05, 4.69) is 0 Å². The third-order valence-corrected chi connectivity index (χ3v) is 2.10. The molecule has 0 saturated carbocycles. The maximum atomic E-state index is 12.8. The molecule has 0 spiro atoms. The number of ether oxygens (including phenoxy) is 1. The Hall–Kier alpha value is -1.13. The summed E-state index contributed by atoms with van der Waals surface area (Å²) in [7, 11) is 0. The number of hydrogen-bond acceptors (Lipinski definition) is 3. The minimum Gasteiger partial charge on any atom is -0.491 e. The fourth-order valence-corrected chi connectivity index (χ4v) is 1.12. The summed E-state index contributed by atoms with van der Waals surface area (Å²) in [6, 6.07) is 3.92. The summed E-state index contributed by atoms with van der Waals surface area (Å²) in [4.78, 5) is 0. The van der Waals surface area contributed by atoms with Crippen molar-refractivity contribution in [1.82, 2.24) is 0 Å². The minimum absolute atomic E-state index is 0.148. The molecule has 0 bridgehead atoms. The minimum atomic E-state index is -0.540. The van der Waals surface area contributed by atoms with Gasteiger partial charge in [-0.3, -0.25) is 0 Å². The van der Waals surface area contributed by atoms with Crippen LogP contribution in [0.25, 0.3) is 0 Å². The first-order valence-electron chi connectivity index (χ1n) is 4.87. The lowest BCUT2D eigenvalue weighted by Gasteiger charge is -2.12. The summed E-state index contributed by atoms with van der Waals surface area (Å²) in [6.07, 6.45) is 0.0527. The van der Waals surface area contributed by atoms with Crippen molar-refractivity contribution >= 4 is 0 Å². The third kappa shape index (κ3) is 3.49. The van der Waals surface area contributed by atoms with Crippen LogP contribution in [0.5, 0.6) is 5.75 Å². The molecular formula is C11H15FO3. The van der Waals surface area contributed by atoms with Crippen LogP contribution in [0.2, 0.25) is 0 Å². The van der Waals surface area contributed by atoms with Crippen LogP contribution in [-0.4, -0.2) is 22.9 Å². The van der Waals surface area contributed by atoms with Crippen LogP contribution in [0.1, 0.15) is 18.9 Å². The summed E-state index contributed by atoms with van der Waals surface area (Å²) in [6.45, 7) is 1.70. The van der Waals surface area contributed by atoms with Crippen LogP contribution in [-0.2, 0) is 6.61 Å². The smallest absolute Gasteiger partial charge is 0.125 e. The fraction of sp³-hybridized carbons (Fsp3) is 0.455. The van der Waals surface area contributed by atoms with Crippen molar-refractivity contribution in [3.8, 4) is 5.75 Å². The second kappa shape index (κ2) is 5.68. The normalized spacial score (nSPS) is 12.5. The molecule has 1 rings (SSSR count). The Balaban J connectivity index is 2.67. The maximum Gasteiger partial charge on any atom is 0.125 e. The maximum absolute atomic E-state index is 12.8. The predicted octanol–water partition coefficient (Wildman–Crippen LogP) is 1.47. The monoisotopic (exact) mass is 214 g/mol. The van der Waals surface area contributed by atoms with Gasteiger partial charge in [-0.05, 0) is 24.6 Å². The lowest BCUT2D eigenvalue weighted by atomic mass is 10.2. The van der Waals surface area contributed by atoms with Crippen molar-refractivity contribution in [3.05, 3.63) is 29.6 Å². The van der Waals surface area contributed by atoms with Crippen molar-refractivity contribution in [2.75, 3.05) is 6.61 Å². The quantitative estimate of drug-likeness (QED) is 0.780. The SMILES string of the molecule is CCC(O)COc1ccc(F)cc1CO. The summed E-state index contributed by atoms with van der Waals surface area (Å²) < 4.78 is 18.0. The molecule has 1 unspecified atom stereocenters. The van der Waals surface area contributed by atoms with Crippen LogP contribution < -0.4 is 4.74 Å². The largest absolute Gasteiger partial charge is 0.491 e. The molecule has 1 aromatic carbocycles. The summed E-state index contributed by atoms with van der Waals surface area (Å²) in [5, 5.41) is 18.2. The Kier molecular flexibility index (Phi) is 4.52. The lowest BCUT2D eigenvalue weighted by molar-refractivity contribution is 0.103. The van der Waals surface area contributed by atoms with Crippen LogP contribution in [0, 0.1) is 5.82 Å². The number of aliphatic hydroxyl groups excluding tert-OH is 2. The van der Waals surface area contributed by atoms with E-state index in [1.807, 2.05) is 6.92 Å². The van der Waals surface area contributed by atoms with E-state index in [0.717, 1.165) is 0 Å². The highest BCUT2D eigenvalue weighted by molar-refractivity contribution is 5.33. The first kappa shape index (κ1) is 11.9. The fourth-order valence-electron chi connectivity index (χ4n) is 1.12. The Morgan fingerprint density at radius 3 is 2.80 bits per heavy atom. The molecule has 0 aliphatic carbocycles. The Morgan fingerprint density at radius 1 is 1.47 bits per heavy atom. The van der Waals surface area contributed by atoms with Crippen LogP contribution in [0.4, 0.5) is 4.39 Å². The zero-order valence-corrected chi connectivity index (χ0v) is 8.61. The molecule has 0 aliphatic rings. The Morgan fingerprint density at radius 2 is 2.20 bits per heavy atom. The van der Waals surface area contributed by atoms with Gasteiger partial charge in [0.15, 0.2) is 0 Å². The molecule has 15 heavy (non-hydrogen) atoms. The molecule has 4 heteroatoms. The Bertz CT molecular complexity index is 315. The molecule has 84 valence electrons. The molecule has 0 fully saturated rings. The Labute approximate surface area is 88.1 Å². The number of hydrogen-bond donors (Lipinski definition) is 2. The van der Waals surface area contributed by atoms with Crippen molar-refractivity contribution in [3.63, 3.8) is 0 Å². The molecule has 0 aromatic heterocycles. The highest BCUT2D eigenvalue weighted by Gasteiger charge is 2.07. The molecule has 1 atom stereocenters. The average Bonchev–Trinajstić information content (AvgIpc) is 2.26. The van der Waals surface area contributed by atoms with E-state index in [0.29, 0.717) is 17.7 Å². The van der Waals surface area contributed by atoms with E-state index < -0.39 is 11.9 Å². The third-order valence-electron chi connectivity index (χ3n) is 2.10. The van der Waals surface area contributed by atoms with Gasteiger partial charge in [-0.2, -0.15) is 0 Å². The van der Waals surface area contributed by atoms with E-state index in [1.165, 1.54) is 18.2 Å². The molecule has 0 heterocycles. The average molecular weight is 214 g/mol. The number of rotatable bonds is 5. The van der Waals surface area contributed by atoms with Gasteiger partial charge in [0.05, 0.1) is 12.7 Å². The molecular weight excluding hydrogens is 199 g/mol. The van der Waals surface area contributed by atoms with Crippen LogP contribution >= 0.6 is 0 Å². The molecule has 3 nitrogen and oxygen atoms in total. The van der Waals surface area contributed by atoms with Crippen molar-refractivity contribution < 1.29 is 19.3 Å². The highest BCUT2D eigenvalue weighted by Crippen LogP contribution is 2.19. The van der Waals surface area contributed by atoms with Gasteiger partial charge < -0.3 is 14.9 Å². The van der Waals surface area contributed by atoms with E-state index in [1.54, 1.807) is 0 Å². The van der Waals surface area contributed by atoms with Crippen LogP contribution in [0.15, 0.2) is 18.2 Å². The summed E-state index contributed by atoms with van der Waals surface area (Å²) in [5.74, 6) is -0.00570. The predicted molar refractivity (Wildman–Crippen MR) is 54.1 cm³/mol. The number of halogens is 1. The summed E-state index contributed by atoms with van der Waals surface area (Å²) in [5.41, 5.74) is 0.387.